The Hall–Kier alpha value is -3.78. The van der Waals surface area contributed by atoms with Crippen LogP contribution in [0.15, 0.2) is 144 Å². The summed E-state index contributed by atoms with van der Waals surface area (Å²) < 4.78 is 0. The normalized spacial score (nSPS) is 34.8. The Kier molecular flexibility index (Phi) is 6.64. The van der Waals surface area contributed by atoms with Crippen LogP contribution in [0, 0.1) is 17.8 Å². The van der Waals surface area contributed by atoms with E-state index in [1.165, 1.54) is 53.8 Å². The molecule has 6 aliphatic carbocycles. The topological polar surface area (TPSA) is 6.48 Å². The van der Waals surface area contributed by atoms with E-state index in [2.05, 4.69) is 125 Å². The van der Waals surface area contributed by atoms with Crippen molar-refractivity contribution < 1.29 is 0 Å². The molecule has 0 bridgehead atoms. The Bertz CT molecular complexity index is 1650. The Morgan fingerprint density at radius 2 is 1.73 bits per heavy atom. The molecule has 9 rings (SSSR count). The molecule has 2 heterocycles. The molecular weight excluding hydrogens is 532 g/mol. The van der Waals surface area contributed by atoms with Gasteiger partial charge in [-0.05, 0) is 98.3 Å². The molecule has 0 N–H and O–H groups in total. The van der Waals surface area contributed by atoms with Gasteiger partial charge in [0.05, 0.1) is 6.04 Å². The van der Waals surface area contributed by atoms with Crippen LogP contribution in [-0.4, -0.2) is 23.0 Å². The maximum atomic E-state index is 2.82. The van der Waals surface area contributed by atoms with Gasteiger partial charge >= 0.3 is 0 Å². The number of likely N-dealkylation sites (tertiary alicyclic amines) is 1. The standard InChI is InChI=1S/C42H44N2/c1-3-14-33(15-4-1)43-39-20-9-7-18-35(39)37-27-31(22-24-41(37)43)29-12-11-13-30(26-29)32-23-25-42-38(28-32)36-19-8-10-21-40(36)44(42)34-16-5-2-6-17-34/h1,3,5,7-8,10-11,13-14,16-19,21-24,26-27,29,35,37-39,41-42H,2,4,6,9,12,15,20,25,28H2. The number of allylic oxidation sites excluding steroid dienone is 15. The first-order valence-electron chi connectivity index (χ1n) is 17.4. The van der Waals surface area contributed by atoms with Crippen LogP contribution in [0.2, 0.25) is 0 Å². The van der Waals surface area contributed by atoms with Gasteiger partial charge in [0.15, 0.2) is 0 Å². The molecule has 2 nitrogen and oxygen atoms in total. The lowest BCUT2D eigenvalue weighted by Crippen LogP contribution is -2.37. The van der Waals surface area contributed by atoms with Crippen LogP contribution in [0.25, 0.3) is 0 Å². The molecule has 7 unspecified atom stereocenters. The summed E-state index contributed by atoms with van der Waals surface area (Å²) in [5, 5.41) is 0. The van der Waals surface area contributed by atoms with Gasteiger partial charge in [0.25, 0.3) is 0 Å². The molecule has 2 heteroatoms. The van der Waals surface area contributed by atoms with E-state index in [-0.39, 0.29) is 0 Å². The van der Waals surface area contributed by atoms with Crippen LogP contribution in [0.5, 0.6) is 0 Å². The molecule has 0 spiro atoms. The van der Waals surface area contributed by atoms with E-state index in [9.17, 15) is 0 Å². The molecule has 44 heavy (non-hydrogen) atoms. The molecule has 8 aliphatic rings. The summed E-state index contributed by atoms with van der Waals surface area (Å²) in [5.41, 5.74) is 10.5. The SMILES string of the molecule is C1=CCCC(N2C3C=CC(C4C=C(C5=CCC6C(C5)c5ccccc5N6C5=CCCC=C5)C=CC4)=CC3C3C=CCCC32)=C1. The first-order chi connectivity index (χ1) is 21.8. The molecule has 0 aromatic heterocycles. The van der Waals surface area contributed by atoms with Gasteiger partial charge < -0.3 is 9.80 Å². The third kappa shape index (κ3) is 4.36. The van der Waals surface area contributed by atoms with Crippen LogP contribution in [0.3, 0.4) is 0 Å². The lowest BCUT2D eigenvalue weighted by Gasteiger charge is -2.36. The van der Waals surface area contributed by atoms with Crippen molar-refractivity contribution in [2.45, 2.75) is 81.8 Å². The molecule has 2 aliphatic heterocycles. The second-order valence-corrected chi connectivity index (χ2v) is 14.0. The van der Waals surface area contributed by atoms with Gasteiger partial charge in [-0.25, -0.2) is 0 Å². The molecule has 7 atom stereocenters. The molecule has 222 valence electrons. The van der Waals surface area contributed by atoms with Gasteiger partial charge in [0.1, 0.15) is 0 Å². The van der Waals surface area contributed by atoms with Crippen molar-refractivity contribution in [2.75, 3.05) is 4.90 Å². The predicted octanol–water partition coefficient (Wildman–Crippen LogP) is 9.78. The smallest absolute Gasteiger partial charge is 0.0545 e. The number of rotatable bonds is 4. The number of hydrogen-bond donors (Lipinski definition) is 0. The van der Waals surface area contributed by atoms with Gasteiger partial charge in [0, 0.05) is 52.8 Å². The van der Waals surface area contributed by atoms with Gasteiger partial charge in [-0.3, -0.25) is 0 Å². The van der Waals surface area contributed by atoms with Crippen molar-refractivity contribution in [3.05, 3.63) is 149 Å². The Labute approximate surface area is 263 Å². The van der Waals surface area contributed by atoms with Crippen molar-refractivity contribution in [3.8, 4) is 0 Å². The monoisotopic (exact) mass is 576 g/mol. The van der Waals surface area contributed by atoms with Gasteiger partial charge in [0.2, 0.25) is 0 Å². The van der Waals surface area contributed by atoms with Crippen molar-refractivity contribution in [3.63, 3.8) is 0 Å². The summed E-state index contributed by atoms with van der Waals surface area (Å²) in [6.07, 6.45) is 47.5. The quantitative estimate of drug-likeness (QED) is 0.329. The third-order valence-electron chi connectivity index (χ3n) is 11.7. The highest BCUT2D eigenvalue weighted by Crippen LogP contribution is 2.52. The minimum absolute atomic E-state index is 0.465. The van der Waals surface area contributed by atoms with Gasteiger partial charge in [-0.2, -0.15) is 0 Å². The molecule has 1 aromatic carbocycles. The first-order valence-corrected chi connectivity index (χ1v) is 17.4. The zero-order valence-electron chi connectivity index (χ0n) is 25.8. The average Bonchev–Trinajstić information content (AvgIpc) is 3.61. The van der Waals surface area contributed by atoms with E-state index >= 15 is 0 Å². The fraction of sp³-hybridized carbons (Fsp3) is 0.381. The minimum Gasteiger partial charge on any atom is -0.364 e. The molecule has 1 saturated heterocycles. The fourth-order valence-corrected chi connectivity index (χ4v) is 9.72. The van der Waals surface area contributed by atoms with Crippen molar-refractivity contribution in [1.29, 1.82) is 0 Å². The molecule has 0 radical (unpaired) electrons. The van der Waals surface area contributed by atoms with E-state index in [0.717, 1.165) is 32.1 Å². The van der Waals surface area contributed by atoms with E-state index in [0.29, 0.717) is 41.8 Å². The number of fused-ring (bicyclic) bond motifs is 6. The van der Waals surface area contributed by atoms with E-state index in [4.69, 9.17) is 0 Å². The van der Waals surface area contributed by atoms with Crippen molar-refractivity contribution >= 4 is 5.69 Å². The molecule has 1 aromatic rings. The Balaban J connectivity index is 0.990. The Morgan fingerprint density at radius 3 is 2.64 bits per heavy atom. The maximum Gasteiger partial charge on any atom is 0.0545 e. The summed E-state index contributed by atoms with van der Waals surface area (Å²) in [6, 6.07) is 10.9. The zero-order chi connectivity index (χ0) is 29.0. The average molecular weight is 577 g/mol. The molecule has 0 saturated carbocycles. The van der Waals surface area contributed by atoms with Crippen LogP contribution in [0.1, 0.15) is 69.3 Å². The zero-order valence-corrected chi connectivity index (χ0v) is 25.8. The first kappa shape index (κ1) is 26.6. The number of hydrogen-bond acceptors (Lipinski definition) is 2. The van der Waals surface area contributed by atoms with E-state index in [1.807, 2.05) is 0 Å². The number of anilines is 1. The van der Waals surface area contributed by atoms with Gasteiger partial charge in [-0.15, -0.1) is 0 Å². The second kappa shape index (κ2) is 11.0. The highest BCUT2D eigenvalue weighted by Gasteiger charge is 2.48. The van der Waals surface area contributed by atoms with Crippen molar-refractivity contribution in [1.82, 2.24) is 4.90 Å². The van der Waals surface area contributed by atoms with Crippen molar-refractivity contribution in [2.24, 2.45) is 17.8 Å². The summed E-state index contributed by atoms with van der Waals surface area (Å²) in [6.45, 7) is 0. The third-order valence-corrected chi connectivity index (χ3v) is 11.7. The fourth-order valence-electron chi connectivity index (χ4n) is 9.72. The van der Waals surface area contributed by atoms with Gasteiger partial charge in [-0.1, -0.05) is 97.2 Å². The molecule has 1 fully saturated rings. The summed E-state index contributed by atoms with van der Waals surface area (Å²) in [5.74, 6) is 2.22. The highest BCUT2D eigenvalue weighted by atomic mass is 15.2. The molecular formula is C42H44N2. The van der Waals surface area contributed by atoms with Crippen LogP contribution < -0.4 is 4.90 Å². The van der Waals surface area contributed by atoms with Crippen LogP contribution in [-0.2, 0) is 0 Å². The highest BCUT2D eigenvalue weighted by molar-refractivity contribution is 5.69. The second-order valence-electron chi connectivity index (χ2n) is 14.0. The minimum atomic E-state index is 0.465. The summed E-state index contributed by atoms with van der Waals surface area (Å²) in [7, 11) is 0. The molecule has 0 amide bonds. The van der Waals surface area contributed by atoms with Crippen LogP contribution in [0.4, 0.5) is 5.69 Å². The number of nitrogens with zero attached hydrogens (tertiary/aromatic N) is 2. The Morgan fingerprint density at radius 1 is 0.750 bits per heavy atom. The predicted molar refractivity (Wildman–Crippen MR) is 183 cm³/mol. The van der Waals surface area contributed by atoms with Crippen LogP contribution >= 0.6 is 0 Å². The maximum absolute atomic E-state index is 2.82. The lowest BCUT2D eigenvalue weighted by molar-refractivity contribution is 0.241. The summed E-state index contributed by atoms with van der Waals surface area (Å²) >= 11 is 0. The van der Waals surface area contributed by atoms with E-state index in [1.54, 1.807) is 11.3 Å². The van der Waals surface area contributed by atoms with E-state index < -0.39 is 0 Å². The largest absolute Gasteiger partial charge is 0.364 e. The summed E-state index contributed by atoms with van der Waals surface area (Å²) in [4.78, 5) is 5.47. The lowest BCUT2D eigenvalue weighted by atomic mass is 9.75. The number of benzene rings is 1. The number of para-hydroxylation sites is 1.